The molecule has 0 saturated carbocycles. The Labute approximate surface area is 261 Å². The van der Waals surface area contributed by atoms with Crippen LogP contribution in [-0.2, 0) is 41.7 Å². The maximum absolute atomic E-state index is 13.1. The summed E-state index contributed by atoms with van der Waals surface area (Å²) >= 11 is 0. The van der Waals surface area contributed by atoms with Crippen LogP contribution in [0.25, 0.3) is 11.2 Å². The van der Waals surface area contributed by atoms with Gasteiger partial charge in [-0.25, -0.2) is 33.7 Å². The Hall–Kier alpha value is -3.48. The lowest BCUT2D eigenvalue weighted by atomic mass is 10.1. The summed E-state index contributed by atoms with van der Waals surface area (Å²) in [7, 11) is -10.4. The SMILES string of the molecule is Nc1ccn([C@@H]2O[C@H](COP(=O)(O)O)[C@@H](OP(=O)(O)OCC3OC(n4cnc5c(N)ncnc54)C(O)C3OC(=O)CO)[C@H]2O)c(=O)n1. The first kappa shape index (κ1) is 34.8. The Kier molecular flexibility index (Phi) is 10.1. The first-order valence-electron chi connectivity index (χ1n) is 13.2. The molecule has 5 unspecified atom stereocenters. The van der Waals surface area contributed by atoms with Crippen LogP contribution in [0.4, 0.5) is 11.6 Å². The molecule has 2 saturated heterocycles. The number of hydrogen-bond donors (Lipinski definition) is 8. The number of phosphoric ester groups is 2. The summed E-state index contributed by atoms with van der Waals surface area (Å²) in [4.78, 5) is 68.5. The molecule has 2 aliphatic heterocycles. The van der Waals surface area contributed by atoms with Crippen molar-refractivity contribution in [2.24, 2.45) is 0 Å². The molecule has 47 heavy (non-hydrogen) atoms. The van der Waals surface area contributed by atoms with E-state index < -0.39 is 96.2 Å². The molecular weight excluding hydrogens is 682 g/mol. The molecule has 258 valence electrons. The largest absolute Gasteiger partial charge is 0.472 e. The molecule has 2 fully saturated rings. The Bertz CT molecular complexity index is 1770. The van der Waals surface area contributed by atoms with Gasteiger partial charge in [0.2, 0.25) is 0 Å². The fourth-order valence-electron chi connectivity index (χ4n) is 4.83. The second-order valence-electron chi connectivity index (χ2n) is 9.97. The van der Waals surface area contributed by atoms with Crippen LogP contribution in [0, 0.1) is 0 Å². The summed E-state index contributed by atoms with van der Waals surface area (Å²) in [5.74, 6) is -1.36. The number of aromatic nitrogens is 6. The standard InChI is InChI=1S/C21H28N8O16P2/c22-10-1-2-28(21(34)27-10)19-14(33)16(9(43-19)4-40-46(35,36)37)45-47(38,39)41-5-8-15(44-11(31)3-30)13(32)20(42-8)29-7-26-12-17(23)24-6-25-18(12)29/h1-2,6-9,13-16,19-20,30,32-33H,3-5H2,(H,38,39)(H2,22,27,34)(H2,23,24,25)(H2,35,36,37)/t8?,9-,13?,14-,15?,16-,19-,20?/m1/s1. The zero-order chi connectivity index (χ0) is 34.3. The summed E-state index contributed by atoms with van der Waals surface area (Å²) in [5.41, 5.74) is 10.5. The van der Waals surface area contributed by atoms with Gasteiger partial charge in [0.1, 0.15) is 54.8 Å². The van der Waals surface area contributed by atoms with Crippen molar-refractivity contribution in [2.45, 2.75) is 49.1 Å². The van der Waals surface area contributed by atoms with E-state index in [1.165, 1.54) is 17.0 Å². The molecule has 5 rings (SSSR count). The number of carbonyl (C=O) groups excluding carboxylic acids is 1. The maximum atomic E-state index is 13.1. The van der Waals surface area contributed by atoms with Crippen LogP contribution in [-0.4, -0.2) is 121 Å². The van der Waals surface area contributed by atoms with Crippen LogP contribution in [0.3, 0.4) is 0 Å². The lowest BCUT2D eigenvalue weighted by Gasteiger charge is -2.25. The third kappa shape index (κ3) is 7.65. The molecule has 0 aromatic carbocycles. The first-order chi connectivity index (χ1) is 22.1. The van der Waals surface area contributed by atoms with Gasteiger partial charge < -0.3 is 55.7 Å². The number of nitrogen functional groups attached to an aromatic ring is 2. The molecule has 0 spiro atoms. The number of rotatable bonds is 12. The number of ether oxygens (including phenoxy) is 3. The van der Waals surface area contributed by atoms with Gasteiger partial charge in [-0.05, 0) is 6.07 Å². The van der Waals surface area contributed by atoms with Crippen LogP contribution in [0.1, 0.15) is 12.5 Å². The summed E-state index contributed by atoms with van der Waals surface area (Å²) in [6.07, 6.45) is -9.99. The van der Waals surface area contributed by atoms with Crippen LogP contribution in [0.5, 0.6) is 0 Å². The van der Waals surface area contributed by atoms with E-state index in [1.807, 2.05) is 0 Å². The molecule has 10 N–H and O–H groups in total. The summed E-state index contributed by atoms with van der Waals surface area (Å²) in [6.45, 7) is -3.01. The van der Waals surface area contributed by atoms with Crippen molar-refractivity contribution >= 4 is 44.4 Å². The second-order valence-corrected chi connectivity index (χ2v) is 12.6. The number of phosphoric acid groups is 2. The lowest BCUT2D eigenvalue weighted by Crippen LogP contribution is -2.39. The number of imidazole rings is 1. The predicted octanol–water partition coefficient (Wildman–Crippen LogP) is -3.72. The number of fused-ring (bicyclic) bond motifs is 1. The van der Waals surface area contributed by atoms with Crippen LogP contribution in [0.15, 0.2) is 29.7 Å². The molecule has 3 aromatic heterocycles. The quantitative estimate of drug-likeness (QED) is 0.0661. The van der Waals surface area contributed by atoms with E-state index in [-0.39, 0.29) is 22.8 Å². The Morgan fingerprint density at radius 3 is 2.26 bits per heavy atom. The molecule has 0 amide bonds. The molecule has 9 atom stereocenters. The van der Waals surface area contributed by atoms with Gasteiger partial charge in [0.25, 0.3) is 0 Å². The average molecular weight is 710 g/mol. The topological polar surface area (TPSA) is 359 Å². The van der Waals surface area contributed by atoms with Gasteiger partial charge in [-0.15, -0.1) is 0 Å². The molecular formula is C21H28N8O16P2. The van der Waals surface area contributed by atoms with Gasteiger partial charge in [0.15, 0.2) is 30.0 Å². The molecule has 5 heterocycles. The van der Waals surface area contributed by atoms with Gasteiger partial charge in [0, 0.05) is 6.20 Å². The van der Waals surface area contributed by atoms with Crippen molar-refractivity contribution in [3.8, 4) is 0 Å². The van der Waals surface area contributed by atoms with Gasteiger partial charge in [-0.3, -0.25) is 22.7 Å². The molecule has 0 aliphatic carbocycles. The zero-order valence-corrected chi connectivity index (χ0v) is 25.3. The maximum Gasteiger partial charge on any atom is 0.472 e. The number of hydrogen-bond acceptors (Lipinski definition) is 19. The number of aliphatic hydroxyl groups excluding tert-OH is 3. The smallest absolute Gasteiger partial charge is 0.455 e. The molecule has 24 nitrogen and oxygen atoms in total. The fraction of sp³-hybridized carbons (Fsp3) is 0.524. The highest BCUT2D eigenvalue weighted by Crippen LogP contribution is 2.50. The van der Waals surface area contributed by atoms with Crippen molar-refractivity contribution in [3.63, 3.8) is 0 Å². The van der Waals surface area contributed by atoms with E-state index in [0.717, 1.165) is 17.1 Å². The van der Waals surface area contributed by atoms with E-state index in [2.05, 4.69) is 24.5 Å². The molecule has 0 radical (unpaired) electrons. The van der Waals surface area contributed by atoms with Crippen molar-refractivity contribution in [1.82, 2.24) is 29.1 Å². The number of esters is 1. The molecule has 26 heteroatoms. The third-order valence-corrected chi connectivity index (χ3v) is 8.34. The highest BCUT2D eigenvalue weighted by molar-refractivity contribution is 7.47. The monoisotopic (exact) mass is 710 g/mol. The number of aliphatic hydroxyl groups is 3. The van der Waals surface area contributed by atoms with Crippen LogP contribution < -0.4 is 17.2 Å². The van der Waals surface area contributed by atoms with Gasteiger partial charge in [0.05, 0.1) is 19.5 Å². The highest BCUT2D eigenvalue weighted by atomic mass is 31.2. The third-order valence-electron chi connectivity index (χ3n) is 6.87. The van der Waals surface area contributed by atoms with Crippen molar-refractivity contribution in [2.75, 3.05) is 31.3 Å². The molecule has 3 aromatic rings. The van der Waals surface area contributed by atoms with E-state index >= 15 is 0 Å². The summed E-state index contributed by atoms with van der Waals surface area (Å²) in [5, 5.41) is 31.1. The van der Waals surface area contributed by atoms with Crippen LogP contribution >= 0.6 is 15.6 Å². The Morgan fingerprint density at radius 2 is 1.60 bits per heavy atom. The minimum Gasteiger partial charge on any atom is -0.455 e. The summed E-state index contributed by atoms with van der Waals surface area (Å²) < 4.78 is 57.3. The van der Waals surface area contributed by atoms with E-state index in [0.29, 0.717) is 0 Å². The molecule has 2 aliphatic rings. The van der Waals surface area contributed by atoms with Gasteiger partial charge >= 0.3 is 27.3 Å². The first-order valence-corrected chi connectivity index (χ1v) is 16.2. The van der Waals surface area contributed by atoms with E-state index in [4.69, 9.17) is 44.5 Å². The van der Waals surface area contributed by atoms with Crippen molar-refractivity contribution in [3.05, 3.63) is 35.4 Å². The number of anilines is 2. The normalized spacial score (nSPS) is 29.2. The van der Waals surface area contributed by atoms with Gasteiger partial charge in [-0.1, -0.05) is 0 Å². The highest BCUT2D eigenvalue weighted by Gasteiger charge is 2.52. The number of nitrogens with zero attached hydrogens (tertiary/aromatic N) is 6. The van der Waals surface area contributed by atoms with Gasteiger partial charge in [-0.2, -0.15) is 4.98 Å². The predicted molar refractivity (Wildman–Crippen MR) is 148 cm³/mol. The minimum absolute atomic E-state index is 0.00472. The van der Waals surface area contributed by atoms with E-state index in [9.17, 15) is 38.9 Å². The number of nitrogens with two attached hydrogens (primary N) is 2. The zero-order valence-electron chi connectivity index (χ0n) is 23.5. The summed E-state index contributed by atoms with van der Waals surface area (Å²) in [6, 6.07) is 1.17. The number of carbonyl (C=O) groups is 1. The molecule has 0 bridgehead atoms. The Morgan fingerprint density at radius 1 is 0.957 bits per heavy atom. The van der Waals surface area contributed by atoms with Crippen LogP contribution in [0.2, 0.25) is 0 Å². The van der Waals surface area contributed by atoms with Crippen molar-refractivity contribution in [1.29, 1.82) is 0 Å². The Balaban J connectivity index is 1.34. The second kappa shape index (κ2) is 13.6. The fourth-order valence-corrected chi connectivity index (χ4v) is 6.14. The van der Waals surface area contributed by atoms with E-state index in [1.54, 1.807) is 0 Å². The minimum atomic E-state index is -5.30. The lowest BCUT2D eigenvalue weighted by molar-refractivity contribution is -0.159. The van der Waals surface area contributed by atoms with Crippen molar-refractivity contribution < 1.29 is 71.7 Å². The average Bonchev–Trinajstić information content (AvgIpc) is 3.65.